The molecule has 1 aromatic carbocycles. The van der Waals surface area contributed by atoms with E-state index in [1.165, 1.54) is 5.56 Å². The number of hydrogen-bond acceptors (Lipinski definition) is 2. The maximum atomic E-state index is 10.6. The molecular formula is C16H16ClNO. The summed E-state index contributed by atoms with van der Waals surface area (Å²) < 4.78 is 0. The van der Waals surface area contributed by atoms with E-state index in [-0.39, 0.29) is 5.92 Å². The van der Waals surface area contributed by atoms with Gasteiger partial charge in [-0.1, -0.05) is 29.8 Å². The van der Waals surface area contributed by atoms with Crippen LogP contribution in [0.3, 0.4) is 0 Å². The smallest absolute Gasteiger partial charge is 0.0888 e. The Hall–Kier alpha value is -1.38. The van der Waals surface area contributed by atoms with Crippen LogP contribution in [0, 0.1) is 6.92 Å². The van der Waals surface area contributed by atoms with Gasteiger partial charge in [-0.15, -0.1) is 0 Å². The van der Waals surface area contributed by atoms with Crippen LogP contribution >= 0.6 is 11.6 Å². The molecule has 0 fully saturated rings. The van der Waals surface area contributed by atoms with Crippen LogP contribution in [0.4, 0.5) is 0 Å². The molecule has 0 saturated heterocycles. The number of hydrogen-bond donors (Lipinski definition) is 1. The molecule has 19 heavy (non-hydrogen) atoms. The van der Waals surface area contributed by atoms with Crippen molar-refractivity contribution in [1.82, 2.24) is 4.98 Å². The molecular weight excluding hydrogens is 258 g/mol. The number of pyridine rings is 1. The highest BCUT2D eigenvalue weighted by molar-refractivity contribution is 6.31. The van der Waals surface area contributed by atoms with Gasteiger partial charge in [-0.2, -0.15) is 0 Å². The first-order valence-electron chi connectivity index (χ1n) is 6.54. The Balaban J connectivity index is 1.95. The molecule has 1 aliphatic rings. The summed E-state index contributed by atoms with van der Waals surface area (Å²) in [5.74, 6) is 0.0522. The van der Waals surface area contributed by atoms with Gasteiger partial charge in [0.15, 0.2) is 0 Å². The zero-order valence-electron chi connectivity index (χ0n) is 10.8. The standard InChI is InChI=1S/C16H16ClNO/c1-10-4-6-12(14(17)9-10)16(19)13-7-5-11-3-2-8-18-15(11)13/h2-4,6,8-9,13,16,19H,5,7H2,1H3. The normalized spacial score (nSPS) is 19.2. The minimum Gasteiger partial charge on any atom is -0.388 e. The van der Waals surface area contributed by atoms with E-state index in [1.54, 1.807) is 6.20 Å². The van der Waals surface area contributed by atoms with Gasteiger partial charge in [-0.3, -0.25) is 4.98 Å². The molecule has 3 heteroatoms. The number of aliphatic hydroxyl groups excluding tert-OH is 1. The SMILES string of the molecule is Cc1ccc(C(O)C2CCc3cccnc32)c(Cl)c1. The van der Waals surface area contributed by atoms with Crippen molar-refractivity contribution in [1.29, 1.82) is 0 Å². The number of rotatable bonds is 2. The average molecular weight is 274 g/mol. The lowest BCUT2D eigenvalue weighted by molar-refractivity contribution is 0.143. The largest absolute Gasteiger partial charge is 0.388 e. The molecule has 2 aromatic rings. The Morgan fingerprint density at radius 2 is 2.21 bits per heavy atom. The second-order valence-electron chi connectivity index (χ2n) is 5.16. The van der Waals surface area contributed by atoms with E-state index >= 15 is 0 Å². The molecule has 0 amide bonds. The number of nitrogens with zero attached hydrogens (tertiary/aromatic N) is 1. The van der Waals surface area contributed by atoms with Crippen molar-refractivity contribution < 1.29 is 5.11 Å². The van der Waals surface area contributed by atoms with E-state index in [0.29, 0.717) is 5.02 Å². The number of aryl methyl sites for hydroxylation is 2. The Morgan fingerprint density at radius 1 is 1.37 bits per heavy atom. The second-order valence-corrected chi connectivity index (χ2v) is 5.57. The van der Waals surface area contributed by atoms with Gasteiger partial charge in [0, 0.05) is 22.8 Å². The van der Waals surface area contributed by atoms with Gasteiger partial charge in [0.2, 0.25) is 0 Å². The van der Waals surface area contributed by atoms with Crippen LogP contribution in [0.15, 0.2) is 36.5 Å². The summed E-state index contributed by atoms with van der Waals surface area (Å²) in [6, 6.07) is 9.84. The molecule has 98 valence electrons. The molecule has 0 bridgehead atoms. The molecule has 3 rings (SSSR count). The predicted octanol–water partition coefficient (Wildman–Crippen LogP) is 3.81. The molecule has 0 saturated carbocycles. The Morgan fingerprint density at radius 3 is 3.00 bits per heavy atom. The molecule has 0 spiro atoms. The molecule has 0 radical (unpaired) electrons. The van der Waals surface area contributed by atoms with E-state index in [9.17, 15) is 5.11 Å². The maximum absolute atomic E-state index is 10.6. The molecule has 1 aliphatic carbocycles. The monoisotopic (exact) mass is 273 g/mol. The quantitative estimate of drug-likeness (QED) is 0.903. The number of fused-ring (bicyclic) bond motifs is 1. The lowest BCUT2D eigenvalue weighted by Crippen LogP contribution is -2.10. The fourth-order valence-corrected chi connectivity index (χ4v) is 3.19. The summed E-state index contributed by atoms with van der Waals surface area (Å²) in [4.78, 5) is 4.43. The highest BCUT2D eigenvalue weighted by Gasteiger charge is 2.31. The van der Waals surface area contributed by atoms with Crippen LogP contribution in [0.1, 0.15) is 40.8 Å². The highest BCUT2D eigenvalue weighted by Crippen LogP contribution is 2.42. The molecule has 2 atom stereocenters. The van der Waals surface area contributed by atoms with Crippen molar-refractivity contribution in [2.24, 2.45) is 0 Å². The van der Waals surface area contributed by atoms with Gasteiger partial charge >= 0.3 is 0 Å². The van der Waals surface area contributed by atoms with Crippen molar-refractivity contribution >= 4 is 11.6 Å². The molecule has 1 aromatic heterocycles. The summed E-state index contributed by atoms with van der Waals surface area (Å²) in [6.45, 7) is 1.99. The fraction of sp³-hybridized carbons (Fsp3) is 0.312. The van der Waals surface area contributed by atoms with E-state index in [0.717, 1.165) is 29.7 Å². The molecule has 1 heterocycles. The van der Waals surface area contributed by atoms with Crippen LogP contribution < -0.4 is 0 Å². The fourth-order valence-electron chi connectivity index (χ4n) is 2.84. The summed E-state index contributed by atoms with van der Waals surface area (Å²) in [5.41, 5.74) is 4.17. The van der Waals surface area contributed by atoms with Crippen molar-refractivity contribution in [2.75, 3.05) is 0 Å². The summed E-state index contributed by atoms with van der Waals surface area (Å²) in [7, 11) is 0. The van der Waals surface area contributed by atoms with Crippen LogP contribution in [-0.4, -0.2) is 10.1 Å². The molecule has 1 N–H and O–H groups in total. The second kappa shape index (κ2) is 4.95. The van der Waals surface area contributed by atoms with E-state index < -0.39 is 6.10 Å². The molecule has 0 aliphatic heterocycles. The lowest BCUT2D eigenvalue weighted by atomic mass is 9.93. The Bertz CT molecular complexity index is 611. The average Bonchev–Trinajstić information content (AvgIpc) is 2.82. The van der Waals surface area contributed by atoms with Gasteiger partial charge in [0.1, 0.15) is 0 Å². The zero-order valence-corrected chi connectivity index (χ0v) is 11.6. The number of aliphatic hydroxyl groups is 1. The van der Waals surface area contributed by atoms with Crippen molar-refractivity contribution in [3.63, 3.8) is 0 Å². The number of halogens is 1. The third kappa shape index (κ3) is 2.26. The first-order valence-corrected chi connectivity index (χ1v) is 6.92. The third-order valence-corrected chi connectivity index (χ3v) is 4.19. The predicted molar refractivity (Wildman–Crippen MR) is 76.4 cm³/mol. The van der Waals surface area contributed by atoms with Gasteiger partial charge in [0.25, 0.3) is 0 Å². The van der Waals surface area contributed by atoms with Crippen LogP contribution in [0.2, 0.25) is 5.02 Å². The van der Waals surface area contributed by atoms with Crippen LogP contribution in [0.25, 0.3) is 0 Å². The summed E-state index contributed by atoms with van der Waals surface area (Å²) in [5, 5.41) is 11.3. The topological polar surface area (TPSA) is 33.1 Å². The van der Waals surface area contributed by atoms with Gasteiger partial charge in [0.05, 0.1) is 6.10 Å². The van der Waals surface area contributed by atoms with E-state index in [4.69, 9.17) is 11.6 Å². The molecule has 2 unspecified atom stereocenters. The first kappa shape index (κ1) is 12.6. The zero-order chi connectivity index (χ0) is 13.4. The Labute approximate surface area is 118 Å². The Kier molecular flexibility index (Phi) is 3.29. The lowest BCUT2D eigenvalue weighted by Gasteiger charge is -2.20. The summed E-state index contributed by atoms with van der Waals surface area (Å²) >= 11 is 6.25. The minimum absolute atomic E-state index is 0.0522. The number of benzene rings is 1. The highest BCUT2D eigenvalue weighted by atomic mass is 35.5. The van der Waals surface area contributed by atoms with Crippen LogP contribution in [-0.2, 0) is 6.42 Å². The number of aromatic nitrogens is 1. The van der Waals surface area contributed by atoms with Gasteiger partial charge < -0.3 is 5.11 Å². The van der Waals surface area contributed by atoms with Crippen LogP contribution in [0.5, 0.6) is 0 Å². The van der Waals surface area contributed by atoms with Gasteiger partial charge in [-0.25, -0.2) is 0 Å². The first-order chi connectivity index (χ1) is 9.16. The van der Waals surface area contributed by atoms with E-state index in [1.807, 2.05) is 31.2 Å². The maximum Gasteiger partial charge on any atom is 0.0888 e. The van der Waals surface area contributed by atoms with Crippen molar-refractivity contribution in [3.05, 3.63) is 63.9 Å². The van der Waals surface area contributed by atoms with Crippen molar-refractivity contribution in [2.45, 2.75) is 31.8 Å². The van der Waals surface area contributed by atoms with E-state index in [2.05, 4.69) is 11.1 Å². The third-order valence-electron chi connectivity index (χ3n) is 3.86. The molecule has 2 nitrogen and oxygen atoms in total. The summed E-state index contributed by atoms with van der Waals surface area (Å²) in [6.07, 6.45) is 3.12. The van der Waals surface area contributed by atoms with Crippen molar-refractivity contribution in [3.8, 4) is 0 Å². The minimum atomic E-state index is -0.579. The van der Waals surface area contributed by atoms with Gasteiger partial charge in [-0.05, 0) is 48.6 Å².